The Hall–Kier alpha value is -3.49. The van der Waals surface area contributed by atoms with Crippen LogP contribution in [0.1, 0.15) is 42.4 Å². The number of nitrogens with zero attached hydrogens (tertiary/aromatic N) is 3. The predicted octanol–water partition coefficient (Wildman–Crippen LogP) is 6.29. The predicted molar refractivity (Wildman–Crippen MR) is 137 cm³/mol. The minimum atomic E-state index is -4.73. The topological polar surface area (TPSA) is 82.9 Å². The van der Waals surface area contributed by atoms with Crippen molar-refractivity contribution in [1.29, 1.82) is 5.26 Å². The van der Waals surface area contributed by atoms with Crippen LogP contribution < -0.4 is 9.47 Å². The van der Waals surface area contributed by atoms with E-state index in [1.807, 2.05) is 0 Å². The molecule has 2 saturated heterocycles. The summed E-state index contributed by atoms with van der Waals surface area (Å²) in [4.78, 5) is 29.2. The van der Waals surface area contributed by atoms with Gasteiger partial charge in [0.05, 0.1) is 29.2 Å². The lowest BCUT2D eigenvalue weighted by atomic mass is 10.1. The molecule has 0 saturated carbocycles. The van der Waals surface area contributed by atoms with Crippen molar-refractivity contribution in [3.8, 4) is 23.3 Å². The molecule has 11 heteroatoms. The van der Waals surface area contributed by atoms with Gasteiger partial charge in [0.1, 0.15) is 5.75 Å². The highest BCUT2D eigenvalue weighted by atomic mass is 32.2. The Morgan fingerprint density at radius 2 is 1.71 bits per heavy atom. The van der Waals surface area contributed by atoms with Crippen LogP contribution in [0.4, 0.5) is 18.0 Å². The van der Waals surface area contributed by atoms with Crippen LogP contribution in [0.25, 0.3) is 6.08 Å². The van der Waals surface area contributed by atoms with E-state index in [-0.39, 0.29) is 33.1 Å². The van der Waals surface area contributed by atoms with Crippen molar-refractivity contribution >= 4 is 29.0 Å². The Balaban J connectivity index is 1.50. The molecule has 2 aromatic rings. The SMILES string of the molecule is COc1cc(/C=C2\SC(=O)N(CCN3CCCCCC3)C2=O)ccc1Oc1ccc(C#N)cc1C(F)(F)F. The highest BCUT2D eigenvalue weighted by molar-refractivity contribution is 8.18. The fraction of sp³-hybridized carbons (Fsp3) is 0.370. The fourth-order valence-corrected chi connectivity index (χ4v) is 5.20. The maximum absolute atomic E-state index is 13.5. The minimum absolute atomic E-state index is 0.0189. The van der Waals surface area contributed by atoms with Gasteiger partial charge in [0.15, 0.2) is 11.5 Å². The zero-order valence-electron chi connectivity index (χ0n) is 20.7. The number of alkyl halides is 3. The van der Waals surface area contributed by atoms with Gasteiger partial charge in [0.25, 0.3) is 11.1 Å². The van der Waals surface area contributed by atoms with Gasteiger partial charge < -0.3 is 14.4 Å². The Bertz CT molecular complexity index is 1280. The fourth-order valence-electron chi connectivity index (χ4n) is 4.33. The molecule has 200 valence electrons. The number of amides is 2. The van der Waals surface area contributed by atoms with Crippen LogP contribution in [0.15, 0.2) is 41.3 Å². The van der Waals surface area contributed by atoms with Crippen LogP contribution in [0, 0.1) is 11.3 Å². The van der Waals surface area contributed by atoms with Gasteiger partial charge in [-0.05, 0) is 79.7 Å². The van der Waals surface area contributed by atoms with Gasteiger partial charge in [-0.2, -0.15) is 18.4 Å². The molecule has 2 aliphatic heterocycles. The Morgan fingerprint density at radius 1 is 1.00 bits per heavy atom. The number of methoxy groups -OCH3 is 1. The highest BCUT2D eigenvalue weighted by Gasteiger charge is 2.36. The summed E-state index contributed by atoms with van der Waals surface area (Å²) in [6.45, 7) is 2.89. The number of rotatable bonds is 7. The van der Waals surface area contributed by atoms with E-state index in [0.717, 1.165) is 49.8 Å². The third kappa shape index (κ3) is 6.49. The number of benzene rings is 2. The molecule has 2 amide bonds. The number of imide groups is 1. The molecule has 2 fully saturated rings. The van der Waals surface area contributed by atoms with Crippen molar-refractivity contribution in [2.45, 2.75) is 31.9 Å². The van der Waals surface area contributed by atoms with Gasteiger partial charge in [-0.25, -0.2) is 0 Å². The quantitative estimate of drug-likeness (QED) is 0.378. The second-order valence-electron chi connectivity index (χ2n) is 8.92. The molecule has 2 aliphatic rings. The number of nitriles is 1. The van der Waals surface area contributed by atoms with Crippen LogP contribution >= 0.6 is 11.8 Å². The molecule has 0 unspecified atom stereocenters. The van der Waals surface area contributed by atoms with Crippen molar-refractivity contribution < 1.29 is 32.2 Å². The summed E-state index contributed by atoms with van der Waals surface area (Å²) in [6.07, 6.45) is 1.45. The number of carbonyl (C=O) groups excluding carboxylic acids is 2. The van der Waals surface area contributed by atoms with E-state index in [1.165, 1.54) is 43.1 Å². The first-order valence-electron chi connectivity index (χ1n) is 12.1. The lowest BCUT2D eigenvalue weighted by Crippen LogP contribution is -2.37. The third-order valence-electron chi connectivity index (χ3n) is 6.33. The summed E-state index contributed by atoms with van der Waals surface area (Å²) in [7, 11) is 1.34. The van der Waals surface area contributed by atoms with Crippen molar-refractivity contribution in [2.24, 2.45) is 0 Å². The maximum atomic E-state index is 13.5. The zero-order valence-corrected chi connectivity index (χ0v) is 21.5. The second kappa shape index (κ2) is 11.9. The number of ether oxygens (including phenoxy) is 2. The van der Waals surface area contributed by atoms with Crippen LogP contribution in [0.3, 0.4) is 0 Å². The molecular weight excluding hydrogens is 519 g/mol. The summed E-state index contributed by atoms with van der Waals surface area (Å²) >= 11 is 0.852. The van der Waals surface area contributed by atoms with Crippen molar-refractivity contribution in [3.05, 3.63) is 58.0 Å². The molecule has 0 atom stereocenters. The minimum Gasteiger partial charge on any atom is -0.493 e. The molecule has 38 heavy (non-hydrogen) atoms. The molecule has 0 radical (unpaired) electrons. The molecule has 4 rings (SSSR count). The van der Waals surface area contributed by atoms with Gasteiger partial charge in [-0.1, -0.05) is 18.9 Å². The van der Waals surface area contributed by atoms with Gasteiger partial charge in [0, 0.05) is 13.1 Å². The standard InChI is InChI=1S/C27H26F3N3O4S/c1-36-23-15-18(6-9-22(23)37-21-8-7-19(17-31)14-20(21)27(28,29)30)16-24-25(34)33(26(35)38-24)13-12-32-10-4-2-3-5-11-32/h6-9,14-16H,2-5,10-13H2,1H3/b24-16-. The summed E-state index contributed by atoms with van der Waals surface area (Å²) in [5, 5.41) is 8.62. The zero-order chi connectivity index (χ0) is 27.3. The van der Waals surface area contributed by atoms with E-state index in [1.54, 1.807) is 18.2 Å². The van der Waals surface area contributed by atoms with Crippen LogP contribution in [-0.2, 0) is 11.0 Å². The van der Waals surface area contributed by atoms with E-state index >= 15 is 0 Å². The molecule has 7 nitrogen and oxygen atoms in total. The molecule has 2 heterocycles. The monoisotopic (exact) mass is 545 g/mol. The van der Waals surface area contributed by atoms with Gasteiger partial charge in [0.2, 0.25) is 0 Å². The van der Waals surface area contributed by atoms with Crippen LogP contribution in [0.5, 0.6) is 17.2 Å². The van der Waals surface area contributed by atoms with Crippen LogP contribution in [-0.4, -0.2) is 54.2 Å². The van der Waals surface area contributed by atoms with Gasteiger partial charge >= 0.3 is 6.18 Å². The Labute approximate surface area is 222 Å². The number of likely N-dealkylation sites (tertiary alicyclic amines) is 1. The molecule has 0 aliphatic carbocycles. The molecule has 0 spiro atoms. The summed E-state index contributed by atoms with van der Waals surface area (Å²) in [5.41, 5.74) is -0.716. The van der Waals surface area contributed by atoms with Crippen molar-refractivity contribution in [2.75, 3.05) is 33.3 Å². The lowest BCUT2D eigenvalue weighted by Gasteiger charge is -2.22. The molecule has 0 N–H and O–H groups in total. The van der Waals surface area contributed by atoms with Crippen molar-refractivity contribution in [1.82, 2.24) is 9.80 Å². The summed E-state index contributed by atoms with van der Waals surface area (Å²) < 4.78 is 51.4. The second-order valence-corrected chi connectivity index (χ2v) is 9.92. The lowest BCUT2D eigenvalue weighted by molar-refractivity contribution is -0.138. The van der Waals surface area contributed by atoms with Gasteiger partial charge in [-0.15, -0.1) is 0 Å². The number of carbonyl (C=O) groups is 2. The van der Waals surface area contributed by atoms with Gasteiger partial charge in [-0.3, -0.25) is 14.5 Å². The molecule has 2 aromatic carbocycles. The Kier molecular flexibility index (Phi) is 8.64. The summed E-state index contributed by atoms with van der Waals surface area (Å²) in [5.74, 6) is -0.698. The normalized spacial score (nSPS) is 18.0. The Morgan fingerprint density at radius 3 is 2.37 bits per heavy atom. The van der Waals surface area contributed by atoms with E-state index < -0.39 is 17.5 Å². The number of hydrogen-bond donors (Lipinski definition) is 0. The molecular formula is C27H26F3N3O4S. The maximum Gasteiger partial charge on any atom is 0.420 e. The molecule has 0 aromatic heterocycles. The van der Waals surface area contributed by atoms with E-state index in [4.69, 9.17) is 14.7 Å². The average Bonchev–Trinajstić information content (AvgIpc) is 3.05. The highest BCUT2D eigenvalue weighted by Crippen LogP contribution is 2.41. The van der Waals surface area contributed by atoms with Crippen LogP contribution in [0.2, 0.25) is 0 Å². The van der Waals surface area contributed by atoms with Crippen molar-refractivity contribution in [3.63, 3.8) is 0 Å². The average molecular weight is 546 g/mol. The first-order chi connectivity index (χ1) is 18.2. The number of hydrogen-bond acceptors (Lipinski definition) is 7. The summed E-state index contributed by atoms with van der Waals surface area (Å²) in [6, 6.07) is 9.21. The molecule has 0 bridgehead atoms. The number of halogens is 3. The first kappa shape index (κ1) is 27.5. The van der Waals surface area contributed by atoms with E-state index in [2.05, 4.69) is 4.90 Å². The third-order valence-corrected chi connectivity index (χ3v) is 7.24. The number of thioether (sulfide) groups is 1. The van der Waals surface area contributed by atoms with E-state index in [9.17, 15) is 22.8 Å². The first-order valence-corrected chi connectivity index (χ1v) is 13.0. The van der Waals surface area contributed by atoms with E-state index in [0.29, 0.717) is 18.7 Å². The largest absolute Gasteiger partial charge is 0.493 e. The smallest absolute Gasteiger partial charge is 0.420 e.